The summed E-state index contributed by atoms with van der Waals surface area (Å²) >= 11 is 0. The lowest BCUT2D eigenvalue weighted by molar-refractivity contribution is -0.136. The average Bonchev–Trinajstić information content (AvgIpc) is 2.26. The molecule has 0 aliphatic carbocycles. The quantitative estimate of drug-likeness (QED) is 0.460. The molecule has 3 nitrogen and oxygen atoms in total. The predicted molar refractivity (Wildman–Crippen MR) is 65.6 cm³/mol. The van der Waals surface area contributed by atoms with Crippen molar-refractivity contribution >= 4 is 5.97 Å². The molecular formula is C13H24O3. The second kappa shape index (κ2) is 10.7. The first-order valence-corrected chi connectivity index (χ1v) is 6.10. The Morgan fingerprint density at radius 1 is 1.38 bits per heavy atom. The van der Waals surface area contributed by atoms with E-state index >= 15 is 0 Å². The Kier molecular flexibility index (Phi) is 10.1. The van der Waals surface area contributed by atoms with E-state index in [1.807, 2.05) is 12.2 Å². The van der Waals surface area contributed by atoms with Crippen LogP contribution in [0.15, 0.2) is 12.2 Å². The molecule has 0 amide bonds. The molecule has 94 valence electrons. The summed E-state index contributed by atoms with van der Waals surface area (Å²) in [6, 6.07) is 0. The number of allylic oxidation sites excluding steroid dienone is 1. The first kappa shape index (κ1) is 15.2. The van der Waals surface area contributed by atoms with Crippen molar-refractivity contribution in [1.29, 1.82) is 0 Å². The summed E-state index contributed by atoms with van der Waals surface area (Å²) in [6.45, 7) is 2.19. The highest BCUT2D eigenvalue weighted by Gasteiger charge is 2.03. The van der Waals surface area contributed by atoms with Gasteiger partial charge in [0.2, 0.25) is 0 Å². The summed E-state index contributed by atoms with van der Waals surface area (Å²) in [6.07, 6.45) is 10.7. The maximum atomic E-state index is 10.3. The molecule has 0 aromatic rings. The summed E-state index contributed by atoms with van der Waals surface area (Å²) in [5, 5.41) is 8.45. The lowest BCUT2D eigenvalue weighted by atomic mass is 10.1. The molecule has 0 bridgehead atoms. The van der Waals surface area contributed by atoms with Crippen LogP contribution in [0.4, 0.5) is 0 Å². The van der Waals surface area contributed by atoms with Crippen molar-refractivity contribution in [2.75, 3.05) is 7.11 Å². The van der Waals surface area contributed by atoms with Crippen molar-refractivity contribution in [2.45, 2.75) is 58.0 Å². The molecule has 16 heavy (non-hydrogen) atoms. The monoisotopic (exact) mass is 228 g/mol. The van der Waals surface area contributed by atoms with Crippen molar-refractivity contribution in [1.82, 2.24) is 0 Å². The summed E-state index contributed by atoms with van der Waals surface area (Å²) in [7, 11) is 1.74. The highest BCUT2D eigenvalue weighted by Crippen LogP contribution is 2.10. The number of hydrogen-bond acceptors (Lipinski definition) is 2. The Labute approximate surface area is 98.5 Å². The van der Waals surface area contributed by atoms with Crippen molar-refractivity contribution in [3.8, 4) is 0 Å². The molecule has 1 unspecified atom stereocenters. The fraction of sp³-hybridized carbons (Fsp3) is 0.769. The Balaban J connectivity index is 3.56. The lowest BCUT2D eigenvalue weighted by Crippen LogP contribution is -2.08. The zero-order valence-corrected chi connectivity index (χ0v) is 10.4. The van der Waals surface area contributed by atoms with Crippen molar-refractivity contribution in [3.63, 3.8) is 0 Å². The molecule has 3 heteroatoms. The number of carbonyl (C=O) groups is 1. The van der Waals surface area contributed by atoms with Crippen molar-refractivity contribution in [3.05, 3.63) is 12.2 Å². The molecule has 0 aliphatic heterocycles. The van der Waals surface area contributed by atoms with Gasteiger partial charge in [-0.2, -0.15) is 0 Å². The molecule has 0 aromatic heterocycles. The molecular weight excluding hydrogens is 204 g/mol. The van der Waals surface area contributed by atoms with Gasteiger partial charge in [-0.05, 0) is 19.3 Å². The smallest absolute Gasteiger partial charge is 0.303 e. The van der Waals surface area contributed by atoms with Crippen LogP contribution in [0, 0.1) is 0 Å². The van der Waals surface area contributed by atoms with Gasteiger partial charge in [0.1, 0.15) is 0 Å². The van der Waals surface area contributed by atoms with Gasteiger partial charge in [0.15, 0.2) is 0 Å². The summed E-state index contributed by atoms with van der Waals surface area (Å²) < 4.78 is 5.36. The average molecular weight is 228 g/mol. The van der Waals surface area contributed by atoms with E-state index < -0.39 is 5.97 Å². The van der Waals surface area contributed by atoms with Gasteiger partial charge in [0, 0.05) is 13.5 Å². The summed E-state index contributed by atoms with van der Waals surface area (Å²) in [4.78, 5) is 10.3. The van der Waals surface area contributed by atoms with E-state index in [4.69, 9.17) is 9.84 Å². The largest absolute Gasteiger partial charge is 0.481 e. The van der Waals surface area contributed by atoms with E-state index in [-0.39, 0.29) is 12.5 Å². The Bertz CT molecular complexity index is 199. The molecule has 0 heterocycles. The van der Waals surface area contributed by atoms with Gasteiger partial charge < -0.3 is 9.84 Å². The van der Waals surface area contributed by atoms with Crippen molar-refractivity contribution < 1.29 is 14.6 Å². The standard InChI is InChI=1S/C13H24O3/c1-3-4-6-9-12(16-2)10-7-5-8-11-13(14)15/h5,7,12H,3-4,6,8-11H2,1-2H3,(H,14,15)/b7-5-. The van der Waals surface area contributed by atoms with Gasteiger partial charge in [-0.25, -0.2) is 0 Å². The van der Waals surface area contributed by atoms with E-state index in [2.05, 4.69) is 6.92 Å². The number of aliphatic carboxylic acids is 1. The zero-order valence-electron chi connectivity index (χ0n) is 10.4. The zero-order chi connectivity index (χ0) is 12.2. The molecule has 0 spiro atoms. The first-order chi connectivity index (χ1) is 7.70. The molecule has 1 N–H and O–H groups in total. The predicted octanol–water partition coefficient (Wildman–Crippen LogP) is 3.39. The highest BCUT2D eigenvalue weighted by molar-refractivity contribution is 5.66. The third-order valence-electron chi connectivity index (χ3n) is 2.55. The maximum Gasteiger partial charge on any atom is 0.303 e. The van der Waals surface area contributed by atoms with Gasteiger partial charge in [-0.1, -0.05) is 38.3 Å². The summed E-state index contributed by atoms with van der Waals surface area (Å²) in [5.41, 5.74) is 0. The van der Waals surface area contributed by atoms with Crippen molar-refractivity contribution in [2.24, 2.45) is 0 Å². The van der Waals surface area contributed by atoms with Crippen LogP contribution in [0.3, 0.4) is 0 Å². The number of hydrogen-bond donors (Lipinski definition) is 1. The minimum Gasteiger partial charge on any atom is -0.481 e. The molecule has 0 rings (SSSR count). The second-order valence-electron chi connectivity index (χ2n) is 3.99. The molecule has 0 saturated carbocycles. The molecule has 0 saturated heterocycles. The highest BCUT2D eigenvalue weighted by atomic mass is 16.5. The van der Waals surface area contributed by atoms with Gasteiger partial charge in [-0.15, -0.1) is 0 Å². The second-order valence-corrected chi connectivity index (χ2v) is 3.99. The minimum absolute atomic E-state index is 0.212. The van der Waals surface area contributed by atoms with Crippen LogP contribution in [0.1, 0.15) is 51.9 Å². The van der Waals surface area contributed by atoms with E-state index in [1.54, 1.807) is 7.11 Å². The van der Waals surface area contributed by atoms with Crippen LogP contribution in [0.2, 0.25) is 0 Å². The lowest BCUT2D eigenvalue weighted by Gasteiger charge is -2.12. The normalized spacial score (nSPS) is 13.1. The SMILES string of the molecule is CCCCCC(C/C=C\CCC(=O)O)OC. The Morgan fingerprint density at radius 3 is 2.69 bits per heavy atom. The molecule has 0 radical (unpaired) electrons. The molecule has 0 aliphatic rings. The first-order valence-electron chi connectivity index (χ1n) is 6.10. The van der Waals surface area contributed by atoms with Gasteiger partial charge >= 0.3 is 5.97 Å². The fourth-order valence-electron chi connectivity index (χ4n) is 1.53. The number of rotatable bonds is 10. The van der Waals surface area contributed by atoms with E-state index in [1.165, 1.54) is 19.3 Å². The number of unbranched alkanes of at least 4 members (excludes halogenated alkanes) is 2. The van der Waals surface area contributed by atoms with Crippen LogP contribution >= 0.6 is 0 Å². The van der Waals surface area contributed by atoms with Crippen LogP contribution in [-0.2, 0) is 9.53 Å². The van der Waals surface area contributed by atoms with Gasteiger partial charge in [0.25, 0.3) is 0 Å². The third-order valence-corrected chi connectivity index (χ3v) is 2.55. The topological polar surface area (TPSA) is 46.5 Å². The third kappa shape index (κ3) is 9.71. The van der Waals surface area contributed by atoms with Gasteiger partial charge in [0.05, 0.1) is 6.10 Å². The van der Waals surface area contributed by atoms with E-state index in [9.17, 15) is 4.79 Å². The molecule has 0 aromatic carbocycles. The van der Waals surface area contributed by atoms with Crippen LogP contribution in [-0.4, -0.2) is 24.3 Å². The van der Waals surface area contributed by atoms with Crippen LogP contribution in [0.25, 0.3) is 0 Å². The number of ether oxygens (including phenoxy) is 1. The van der Waals surface area contributed by atoms with E-state index in [0.717, 1.165) is 12.8 Å². The van der Waals surface area contributed by atoms with Gasteiger partial charge in [-0.3, -0.25) is 4.79 Å². The minimum atomic E-state index is -0.740. The summed E-state index contributed by atoms with van der Waals surface area (Å²) in [5.74, 6) is -0.740. The van der Waals surface area contributed by atoms with E-state index in [0.29, 0.717) is 6.42 Å². The fourth-order valence-corrected chi connectivity index (χ4v) is 1.53. The molecule has 0 fully saturated rings. The Morgan fingerprint density at radius 2 is 2.12 bits per heavy atom. The number of carboxylic acid groups (broad SMARTS) is 1. The Hall–Kier alpha value is -0.830. The van der Waals surface area contributed by atoms with Crippen LogP contribution in [0.5, 0.6) is 0 Å². The number of methoxy groups -OCH3 is 1. The van der Waals surface area contributed by atoms with Crippen LogP contribution < -0.4 is 0 Å². The number of carboxylic acids is 1. The molecule has 1 atom stereocenters. The maximum absolute atomic E-state index is 10.3.